The summed E-state index contributed by atoms with van der Waals surface area (Å²) in [4.78, 5) is 20.3. The average molecular weight is 277 g/mol. The number of pyridine rings is 2. The molecule has 2 N–H and O–H groups in total. The first-order valence-electron chi connectivity index (χ1n) is 5.68. The first kappa shape index (κ1) is 13.3. The summed E-state index contributed by atoms with van der Waals surface area (Å²) in [5.74, 6) is 0.289. The molecular formula is C13H13ClN4O. The van der Waals surface area contributed by atoms with Crippen LogP contribution in [0.15, 0.2) is 30.6 Å². The normalized spacial score (nSPS) is 10.1. The molecule has 0 aromatic carbocycles. The van der Waals surface area contributed by atoms with E-state index in [4.69, 9.17) is 11.6 Å². The van der Waals surface area contributed by atoms with E-state index in [0.717, 1.165) is 5.69 Å². The maximum absolute atomic E-state index is 12.2. The number of aryl methyl sites for hydroxylation is 1. The van der Waals surface area contributed by atoms with Gasteiger partial charge >= 0.3 is 0 Å². The summed E-state index contributed by atoms with van der Waals surface area (Å²) >= 11 is 5.99. The molecule has 2 aromatic rings. The van der Waals surface area contributed by atoms with Crippen molar-refractivity contribution in [1.29, 1.82) is 0 Å². The molecule has 19 heavy (non-hydrogen) atoms. The third-order valence-corrected chi connectivity index (χ3v) is 2.91. The molecule has 0 atom stereocenters. The van der Waals surface area contributed by atoms with Crippen LogP contribution in [0.2, 0.25) is 5.02 Å². The smallest absolute Gasteiger partial charge is 0.257 e. The molecule has 0 saturated heterocycles. The van der Waals surface area contributed by atoms with Crippen molar-refractivity contribution in [3.8, 4) is 0 Å². The molecule has 5 nitrogen and oxygen atoms in total. The zero-order chi connectivity index (χ0) is 13.8. The molecule has 0 saturated carbocycles. The van der Waals surface area contributed by atoms with Crippen LogP contribution in [0.25, 0.3) is 0 Å². The lowest BCUT2D eigenvalue weighted by Gasteiger charge is -2.09. The SMILES string of the molecule is CNc1cc(C(=O)Nc2cccnc2C)c(Cl)cn1. The Hall–Kier alpha value is -2.14. The lowest BCUT2D eigenvalue weighted by Crippen LogP contribution is -2.14. The van der Waals surface area contributed by atoms with E-state index < -0.39 is 0 Å². The predicted octanol–water partition coefficient (Wildman–Crippen LogP) is 2.73. The number of nitrogens with zero attached hydrogens (tertiary/aromatic N) is 2. The summed E-state index contributed by atoms with van der Waals surface area (Å²) in [6, 6.07) is 5.15. The standard InChI is InChI=1S/C13H13ClN4O/c1-8-11(4-3-5-16-8)18-13(19)9-6-12(15-2)17-7-10(9)14/h3-7H,1-2H3,(H,15,17)(H,18,19). The molecule has 0 aliphatic heterocycles. The summed E-state index contributed by atoms with van der Waals surface area (Å²) in [7, 11) is 1.73. The van der Waals surface area contributed by atoms with Gasteiger partial charge in [-0.15, -0.1) is 0 Å². The molecular weight excluding hydrogens is 264 g/mol. The highest BCUT2D eigenvalue weighted by Gasteiger charge is 2.13. The number of hydrogen-bond donors (Lipinski definition) is 2. The summed E-state index contributed by atoms with van der Waals surface area (Å²) in [6.45, 7) is 1.82. The molecule has 0 unspecified atom stereocenters. The molecule has 0 spiro atoms. The van der Waals surface area contributed by atoms with Gasteiger partial charge in [0, 0.05) is 19.4 Å². The van der Waals surface area contributed by atoms with Gasteiger partial charge in [0.25, 0.3) is 5.91 Å². The van der Waals surface area contributed by atoms with Crippen LogP contribution in [-0.2, 0) is 0 Å². The third-order valence-electron chi connectivity index (χ3n) is 2.61. The van der Waals surface area contributed by atoms with Gasteiger partial charge in [-0.25, -0.2) is 4.98 Å². The summed E-state index contributed by atoms with van der Waals surface area (Å²) in [5, 5.41) is 5.94. The van der Waals surface area contributed by atoms with Crippen LogP contribution in [0.3, 0.4) is 0 Å². The maximum Gasteiger partial charge on any atom is 0.257 e. The summed E-state index contributed by atoms with van der Waals surface area (Å²) in [6.07, 6.45) is 3.11. The Kier molecular flexibility index (Phi) is 3.97. The lowest BCUT2D eigenvalue weighted by molar-refractivity contribution is 0.102. The van der Waals surface area contributed by atoms with Gasteiger partial charge in [0.1, 0.15) is 5.82 Å². The zero-order valence-corrected chi connectivity index (χ0v) is 11.3. The topological polar surface area (TPSA) is 66.9 Å². The van der Waals surface area contributed by atoms with Crippen LogP contribution in [-0.4, -0.2) is 22.9 Å². The van der Waals surface area contributed by atoms with Crippen molar-refractivity contribution in [1.82, 2.24) is 9.97 Å². The Bertz CT molecular complexity index is 615. The monoisotopic (exact) mass is 276 g/mol. The van der Waals surface area contributed by atoms with Crippen molar-refractivity contribution >= 4 is 29.0 Å². The van der Waals surface area contributed by atoms with Gasteiger partial charge in [0.2, 0.25) is 0 Å². The number of anilines is 2. The largest absolute Gasteiger partial charge is 0.373 e. The molecule has 2 aromatic heterocycles. The highest BCUT2D eigenvalue weighted by Crippen LogP contribution is 2.20. The fourth-order valence-corrected chi connectivity index (χ4v) is 1.74. The number of carbonyl (C=O) groups is 1. The van der Waals surface area contributed by atoms with Crippen molar-refractivity contribution in [2.45, 2.75) is 6.92 Å². The second kappa shape index (κ2) is 5.67. The molecule has 1 amide bonds. The Morgan fingerprint density at radius 2 is 2.16 bits per heavy atom. The van der Waals surface area contributed by atoms with Gasteiger partial charge in [-0.05, 0) is 25.1 Å². The minimum Gasteiger partial charge on any atom is -0.373 e. The van der Waals surface area contributed by atoms with Crippen LogP contribution in [0.4, 0.5) is 11.5 Å². The van der Waals surface area contributed by atoms with E-state index in [1.165, 1.54) is 6.20 Å². The minimum absolute atomic E-state index is 0.292. The van der Waals surface area contributed by atoms with Gasteiger partial charge in [0.15, 0.2) is 0 Å². The fraction of sp³-hybridized carbons (Fsp3) is 0.154. The van der Waals surface area contributed by atoms with E-state index in [9.17, 15) is 4.79 Å². The molecule has 0 bridgehead atoms. The van der Waals surface area contributed by atoms with Crippen LogP contribution in [0, 0.1) is 6.92 Å². The molecule has 6 heteroatoms. The first-order chi connectivity index (χ1) is 9.11. The molecule has 2 heterocycles. The van der Waals surface area contributed by atoms with Gasteiger partial charge in [-0.2, -0.15) is 0 Å². The second-order valence-corrected chi connectivity index (χ2v) is 4.30. The number of rotatable bonds is 3. The number of halogens is 1. The summed E-state index contributed by atoms with van der Waals surface area (Å²) in [5.41, 5.74) is 1.77. The van der Waals surface area contributed by atoms with E-state index in [-0.39, 0.29) is 5.91 Å². The Balaban J connectivity index is 2.28. The zero-order valence-electron chi connectivity index (χ0n) is 10.6. The molecule has 98 valence electrons. The van der Waals surface area contributed by atoms with Crippen LogP contribution in [0.5, 0.6) is 0 Å². The van der Waals surface area contributed by atoms with E-state index >= 15 is 0 Å². The van der Waals surface area contributed by atoms with Crippen molar-refractivity contribution in [3.05, 3.63) is 46.9 Å². The number of amides is 1. The van der Waals surface area contributed by atoms with Gasteiger partial charge in [0.05, 0.1) is 22.0 Å². The molecule has 0 radical (unpaired) electrons. The van der Waals surface area contributed by atoms with Crippen molar-refractivity contribution < 1.29 is 4.79 Å². The van der Waals surface area contributed by atoms with E-state index in [2.05, 4.69) is 20.6 Å². The number of hydrogen-bond acceptors (Lipinski definition) is 4. The maximum atomic E-state index is 12.2. The van der Waals surface area contributed by atoms with Crippen LogP contribution >= 0.6 is 11.6 Å². The van der Waals surface area contributed by atoms with Crippen LogP contribution in [0.1, 0.15) is 16.1 Å². The third kappa shape index (κ3) is 3.00. The summed E-state index contributed by atoms with van der Waals surface area (Å²) < 4.78 is 0. The average Bonchev–Trinajstić information content (AvgIpc) is 2.42. The van der Waals surface area contributed by atoms with Crippen molar-refractivity contribution in [2.75, 3.05) is 17.7 Å². The Morgan fingerprint density at radius 3 is 2.84 bits per heavy atom. The highest BCUT2D eigenvalue weighted by atomic mass is 35.5. The van der Waals surface area contributed by atoms with Crippen LogP contribution < -0.4 is 10.6 Å². The van der Waals surface area contributed by atoms with Gasteiger partial charge in [-0.1, -0.05) is 11.6 Å². The van der Waals surface area contributed by atoms with Crippen molar-refractivity contribution in [2.24, 2.45) is 0 Å². The Labute approximate surface area is 116 Å². The lowest BCUT2D eigenvalue weighted by atomic mass is 10.2. The minimum atomic E-state index is -0.292. The fourth-order valence-electron chi connectivity index (χ4n) is 1.56. The quantitative estimate of drug-likeness (QED) is 0.905. The van der Waals surface area contributed by atoms with E-state index in [1.54, 1.807) is 31.4 Å². The van der Waals surface area contributed by atoms with E-state index in [1.807, 2.05) is 6.92 Å². The molecule has 0 aliphatic rings. The number of aromatic nitrogens is 2. The molecule has 2 rings (SSSR count). The first-order valence-corrected chi connectivity index (χ1v) is 6.06. The molecule has 0 aliphatic carbocycles. The second-order valence-electron chi connectivity index (χ2n) is 3.89. The number of nitrogens with one attached hydrogen (secondary N) is 2. The van der Waals surface area contributed by atoms with Gasteiger partial charge < -0.3 is 10.6 Å². The van der Waals surface area contributed by atoms with E-state index in [0.29, 0.717) is 22.1 Å². The van der Waals surface area contributed by atoms with Gasteiger partial charge in [-0.3, -0.25) is 9.78 Å². The highest BCUT2D eigenvalue weighted by molar-refractivity contribution is 6.34. The van der Waals surface area contributed by atoms with Crippen molar-refractivity contribution in [3.63, 3.8) is 0 Å². The molecule has 0 fully saturated rings. The number of carbonyl (C=O) groups excluding carboxylic acids is 1. The Morgan fingerprint density at radius 1 is 1.37 bits per heavy atom. The predicted molar refractivity (Wildman–Crippen MR) is 75.7 cm³/mol.